The van der Waals surface area contributed by atoms with Crippen LogP contribution in [-0.4, -0.2) is 5.78 Å². The van der Waals surface area contributed by atoms with Gasteiger partial charge in [-0.3, -0.25) is 9.69 Å². The molecule has 0 fully saturated rings. The number of thiophene rings is 2. The molecule has 7 heteroatoms. The Balaban J connectivity index is 1.76. The summed E-state index contributed by atoms with van der Waals surface area (Å²) in [4.78, 5) is 19.2. The van der Waals surface area contributed by atoms with E-state index in [2.05, 4.69) is 58.9 Å². The summed E-state index contributed by atoms with van der Waals surface area (Å²) in [5.74, 6) is -0.0384. The molecule has 0 unspecified atom stereocenters. The molecule has 0 bridgehead atoms. The first kappa shape index (κ1) is 25.8. The van der Waals surface area contributed by atoms with Crippen molar-refractivity contribution in [2.75, 3.05) is 4.90 Å². The molecule has 2 aromatic rings. The molecule has 2 aromatic heterocycles. The number of nitrogens with two attached hydrogens (primary N) is 1. The zero-order valence-corrected chi connectivity index (χ0v) is 24.0. The number of fused-ring (bicyclic) bond motifs is 1. The van der Waals surface area contributed by atoms with E-state index in [9.17, 15) is 15.3 Å². The number of anilines is 1. The predicted octanol–water partition coefficient (Wildman–Crippen LogP) is 7.19. The zero-order valence-electron chi connectivity index (χ0n) is 22.3. The summed E-state index contributed by atoms with van der Waals surface area (Å²) in [5, 5.41) is 21.5. The van der Waals surface area contributed by atoms with Gasteiger partial charge in [-0.15, -0.1) is 22.7 Å². The number of rotatable bonds is 2. The van der Waals surface area contributed by atoms with Crippen molar-refractivity contribution in [3.05, 3.63) is 60.6 Å². The molecular formula is C30H34N4OS2. The number of carbonyl (C=O) groups excluding carboxylic acids is 1. The third-order valence-electron chi connectivity index (χ3n) is 7.75. The molecule has 0 radical (unpaired) electrons. The average Bonchev–Trinajstić information content (AvgIpc) is 3.36. The molecule has 0 saturated carbocycles. The van der Waals surface area contributed by atoms with Gasteiger partial charge in [0.15, 0.2) is 5.78 Å². The topological polar surface area (TPSA) is 93.9 Å². The molecule has 2 aliphatic carbocycles. The summed E-state index contributed by atoms with van der Waals surface area (Å²) in [7, 11) is 0. The first-order chi connectivity index (χ1) is 17.5. The number of aryl methyl sites for hydroxylation is 1. The lowest BCUT2D eigenvalue weighted by Crippen LogP contribution is -2.42. The second kappa shape index (κ2) is 9.15. The molecule has 5 nitrogen and oxygen atoms in total. The number of nitrogens with zero attached hydrogens (tertiary/aromatic N) is 3. The van der Waals surface area contributed by atoms with Crippen molar-refractivity contribution < 1.29 is 4.79 Å². The number of hydrogen-bond donors (Lipinski definition) is 1. The summed E-state index contributed by atoms with van der Waals surface area (Å²) >= 11 is 3.28. The highest BCUT2D eigenvalue weighted by Gasteiger charge is 2.46. The van der Waals surface area contributed by atoms with Gasteiger partial charge in [0, 0.05) is 32.3 Å². The van der Waals surface area contributed by atoms with Crippen molar-refractivity contribution in [1.82, 2.24) is 0 Å². The fraction of sp³-hybridized carbons (Fsp3) is 0.500. The molecule has 0 amide bonds. The Hall–Kier alpha value is -2.87. The van der Waals surface area contributed by atoms with Gasteiger partial charge in [-0.05, 0) is 60.6 Å². The van der Waals surface area contributed by atoms with Gasteiger partial charge >= 0.3 is 0 Å². The Kier molecular flexibility index (Phi) is 6.37. The van der Waals surface area contributed by atoms with Crippen LogP contribution in [0.4, 0.5) is 5.00 Å². The lowest BCUT2D eigenvalue weighted by Gasteiger charge is -2.43. The minimum Gasteiger partial charge on any atom is -0.384 e. The third-order valence-corrected chi connectivity index (χ3v) is 10.6. The summed E-state index contributed by atoms with van der Waals surface area (Å²) < 4.78 is 0. The van der Waals surface area contributed by atoms with Crippen LogP contribution in [0.2, 0.25) is 0 Å². The third kappa shape index (κ3) is 4.33. The molecule has 0 saturated heterocycles. The maximum atomic E-state index is 13.9. The van der Waals surface area contributed by atoms with E-state index >= 15 is 0 Å². The van der Waals surface area contributed by atoms with Crippen molar-refractivity contribution >= 4 is 33.5 Å². The minimum atomic E-state index is -0.468. The quantitative estimate of drug-likeness (QED) is 0.415. The average molecular weight is 531 g/mol. The lowest BCUT2D eigenvalue weighted by atomic mass is 9.70. The highest BCUT2D eigenvalue weighted by Crippen LogP contribution is 2.53. The van der Waals surface area contributed by atoms with Crippen LogP contribution in [0, 0.1) is 28.1 Å². The van der Waals surface area contributed by atoms with E-state index in [1.165, 1.54) is 16.2 Å². The Morgan fingerprint density at radius 2 is 1.78 bits per heavy atom. The fourth-order valence-electron chi connectivity index (χ4n) is 5.94. The summed E-state index contributed by atoms with van der Waals surface area (Å²) in [6.45, 7) is 10.7. The predicted molar refractivity (Wildman–Crippen MR) is 150 cm³/mol. The number of nitriles is 2. The van der Waals surface area contributed by atoms with E-state index in [1.54, 1.807) is 22.7 Å². The number of allylic oxidation sites excluding steroid dienone is 3. The first-order valence-corrected chi connectivity index (χ1v) is 14.7. The SMILES string of the molecule is CC1(C)CC(=O)C2=C(C1)N(c1sc3c(c1C#N)CCCCC3)C(N)=C(C#N)[C@@H]2c1ccc(C(C)(C)C)s1. The van der Waals surface area contributed by atoms with Gasteiger partial charge in [-0.1, -0.05) is 41.0 Å². The van der Waals surface area contributed by atoms with E-state index in [0.29, 0.717) is 35.4 Å². The molecule has 2 N–H and O–H groups in total. The van der Waals surface area contributed by atoms with Crippen LogP contribution in [0.5, 0.6) is 0 Å². The molecule has 3 heterocycles. The highest BCUT2D eigenvalue weighted by atomic mass is 32.1. The largest absolute Gasteiger partial charge is 0.384 e. The van der Waals surface area contributed by atoms with Gasteiger partial charge < -0.3 is 5.73 Å². The molecule has 5 rings (SSSR count). The maximum absolute atomic E-state index is 13.9. The second-order valence-corrected chi connectivity index (χ2v) is 14.5. The monoisotopic (exact) mass is 530 g/mol. The van der Waals surface area contributed by atoms with Gasteiger partial charge in [0.2, 0.25) is 0 Å². The standard InChI is InChI=1S/C30H34N4OS2/c1-29(2,3)24-12-11-23(36-24)25-19(16-32)27(33)34(20-13-30(4,5)14-21(35)26(20)25)28-18(15-31)17-9-7-6-8-10-22(17)37-28/h11-12,25H,6-10,13-14,33H2,1-5H3/t25-/m1/s1. The molecule has 192 valence electrons. The number of Topliss-reactive ketones (excluding diaryl/α,β-unsaturated/α-hetero) is 1. The summed E-state index contributed by atoms with van der Waals surface area (Å²) in [5.41, 5.74) is 10.3. The second-order valence-electron chi connectivity index (χ2n) is 12.3. The highest BCUT2D eigenvalue weighted by molar-refractivity contribution is 7.16. The van der Waals surface area contributed by atoms with E-state index in [4.69, 9.17) is 5.73 Å². The van der Waals surface area contributed by atoms with Gasteiger partial charge in [0.05, 0.1) is 23.1 Å². The van der Waals surface area contributed by atoms with Gasteiger partial charge in [0.25, 0.3) is 0 Å². The normalized spacial score (nSPS) is 21.8. The molecule has 0 aromatic carbocycles. The van der Waals surface area contributed by atoms with Crippen LogP contribution >= 0.6 is 22.7 Å². The number of hydrogen-bond acceptors (Lipinski definition) is 7. The molecule has 37 heavy (non-hydrogen) atoms. The van der Waals surface area contributed by atoms with Crippen molar-refractivity contribution in [2.24, 2.45) is 11.1 Å². The smallest absolute Gasteiger partial charge is 0.162 e. The Morgan fingerprint density at radius 1 is 1.05 bits per heavy atom. The number of ketones is 1. The van der Waals surface area contributed by atoms with Crippen molar-refractivity contribution in [3.8, 4) is 12.1 Å². The van der Waals surface area contributed by atoms with Gasteiger partial charge in [-0.2, -0.15) is 10.5 Å². The van der Waals surface area contributed by atoms with Crippen LogP contribution in [0.3, 0.4) is 0 Å². The van der Waals surface area contributed by atoms with Crippen LogP contribution in [0.1, 0.15) is 98.4 Å². The van der Waals surface area contributed by atoms with Crippen molar-refractivity contribution in [1.29, 1.82) is 10.5 Å². The molecule has 1 aliphatic heterocycles. The van der Waals surface area contributed by atoms with Crippen molar-refractivity contribution in [3.63, 3.8) is 0 Å². The Labute approximate surface area is 227 Å². The Morgan fingerprint density at radius 3 is 2.43 bits per heavy atom. The van der Waals surface area contributed by atoms with Crippen LogP contribution in [-0.2, 0) is 23.1 Å². The molecule has 0 spiro atoms. The number of carbonyl (C=O) groups is 1. The molecule has 3 aliphatic rings. The molecular weight excluding hydrogens is 496 g/mol. The van der Waals surface area contributed by atoms with E-state index < -0.39 is 5.92 Å². The van der Waals surface area contributed by atoms with E-state index in [0.717, 1.165) is 46.8 Å². The lowest BCUT2D eigenvalue weighted by molar-refractivity contribution is -0.118. The van der Waals surface area contributed by atoms with Crippen LogP contribution in [0.25, 0.3) is 0 Å². The maximum Gasteiger partial charge on any atom is 0.162 e. The Bertz CT molecular complexity index is 1430. The zero-order chi connectivity index (χ0) is 26.7. The van der Waals surface area contributed by atoms with Crippen LogP contribution < -0.4 is 10.6 Å². The van der Waals surface area contributed by atoms with Gasteiger partial charge in [-0.25, -0.2) is 0 Å². The molecule has 1 atom stereocenters. The van der Waals surface area contributed by atoms with Crippen molar-refractivity contribution in [2.45, 2.75) is 90.9 Å². The summed E-state index contributed by atoms with van der Waals surface area (Å²) in [6.07, 6.45) is 6.30. The van der Waals surface area contributed by atoms with E-state index in [-0.39, 0.29) is 16.6 Å². The fourth-order valence-corrected chi connectivity index (χ4v) is 8.50. The minimum absolute atomic E-state index is 0.0298. The summed E-state index contributed by atoms with van der Waals surface area (Å²) in [6, 6.07) is 9.03. The van der Waals surface area contributed by atoms with E-state index in [1.807, 2.05) is 4.90 Å². The van der Waals surface area contributed by atoms with Gasteiger partial charge in [0.1, 0.15) is 16.9 Å². The van der Waals surface area contributed by atoms with Crippen LogP contribution in [0.15, 0.2) is 34.8 Å². The first-order valence-electron chi connectivity index (χ1n) is 13.1.